The first kappa shape index (κ1) is 21.1. The molecule has 0 atom stereocenters. The van der Waals surface area contributed by atoms with Gasteiger partial charge in [-0.1, -0.05) is 12.1 Å². The van der Waals surface area contributed by atoms with Crippen molar-refractivity contribution >= 4 is 11.8 Å². The fourth-order valence-corrected chi connectivity index (χ4v) is 2.62. The van der Waals surface area contributed by atoms with E-state index in [2.05, 4.69) is 10.6 Å². The first-order chi connectivity index (χ1) is 13.5. The molecule has 0 aliphatic carbocycles. The van der Waals surface area contributed by atoms with Gasteiger partial charge in [0.1, 0.15) is 5.75 Å². The molecule has 7 nitrogen and oxygen atoms in total. The Kier molecular flexibility index (Phi) is 8.14. The maximum absolute atomic E-state index is 12.0. The third kappa shape index (κ3) is 6.50. The van der Waals surface area contributed by atoms with Crippen molar-refractivity contribution in [3.63, 3.8) is 0 Å². The van der Waals surface area contributed by atoms with E-state index in [0.717, 1.165) is 5.56 Å². The summed E-state index contributed by atoms with van der Waals surface area (Å²) in [6, 6.07) is 11.7. The molecule has 0 fully saturated rings. The molecule has 2 amide bonds. The lowest BCUT2D eigenvalue weighted by molar-refractivity contribution is -0.121. The van der Waals surface area contributed by atoms with Crippen molar-refractivity contribution in [1.82, 2.24) is 10.6 Å². The van der Waals surface area contributed by atoms with Gasteiger partial charge in [-0.25, -0.2) is 0 Å². The first-order valence-corrected chi connectivity index (χ1v) is 9.17. The molecule has 28 heavy (non-hydrogen) atoms. The van der Waals surface area contributed by atoms with Crippen molar-refractivity contribution in [2.24, 2.45) is 0 Å². The van der Waals surface area contributed by atoms with Gasteiger partial charge in [-0.05, 0) is 49.2 Å². The van der Waals surface area contributed by atoms with Crippen LogP contribution in [-0.2, 0) is 11.2 Å². The van der Waals surface area contributed by atoms with Crippen LogP contribution in [-0.4, -0.2) is 43.7 Å². The van der Waals surface area contributed by atoms with E-state index in [1.807, 2.05) is 25.1 Å². The number of rotatable bonds is 10. The highest BCUT2D eigenvalue weighted by Gasteiger charge is 2.08. The molecular formula is C21H26N2O5. The highest BCUT2D eigenvalue weighted by atomic mass is 16.5. The second-order valence-corrected chi connectivity index (χ2v) is 6.07. The molecule has 7 heteroatoms. The van der Waals surface area contributed by atoms with Crippen molar-refractivity contribution in [2.45, 2.75) is 19.8 Å². The Bertz CT molecular complexity index is 807. The Morgan fingerprint density at radius 2 is 1.82 bits per heavy atom. The zero-order chi connectivity index (χ0) is 20.4. The molecular weight excluding hydrogens is 360 g/mol. The Balaban J connectivity index is 1.71. The summed E-state index contributed by atoms with van der Waals surface area (Å²) >= 11 is 0. The summed E-state index contributed by atoms with van der Waals surface area (Å²) < 4.78 is 10.8. The van der Waals surface area contributed by atoms with E-state index in [4.69, 9.17) is 9.47 Å². The van der Waals surface area contributed by atoms with Gasteiger partial charge in [-0.2, -0.15) is 0 Å². The van der Waals surface area contributed by atoms with Crippen LogP contribution in [0, 0.1) is 0 Å². The number of benzene rings is 2. The van der Waals surface area contributed by atoms with Gasteiger partial charge in [-0.3, -0.25) is 9.59 Å². The van der Waals surface area contributed by atoms with Crippen molar-refractivity contribution in [2.75, 3.05) is 26.8 Å². The molecule has 0 spiro atoms. The number of amides is 2. The van der Waals surface area contributed by atoms with E-state index in [-0.39, 0.29) is 17.6 Å². The second kappa shape index (κ2) is 10.8. The number of phenolic OH excluding ortho intramolecular Hbond substituents is 1. The number of phenols is 1. The molecule has 2 aromatic rings. The van der Waals surface area contributed by atoms with Crippen LogP contribution in [0.4, 0.5) is 0 Å². The van der Waals surface area contributed by atoms with Crippen LogP contribution in [0.25, 0.3) is 0 Å². The molecule has 2 aromatic carbocycles. The zero-order valence-corrected chi connectivity index (χ0v) is 16.2. The summed E-state index contributed by atoms with van der Waals surface area (Å²) in [6.45, 7) is 3.09. The monoisotopic (exact) mass is 386 g/mol. The number of hydrogen-bond donors (Lipinski definition) is 3. The summed E-state index contributed by atoms with van der Waals surface area (Å²) in [4.78, 5) is 23.9. The van der Waals surface area contributed by atoms with Crippen LogP contribution in [0.15, 0.2) is 42.5 Å². The number of methoxy groups -OCH3 is 1. The highest BCUT2D eigenvalue weighted by molar-refractivity contribution is 5.94. The van der Waals surface area contributed by atoms with Crippen molar-refractivity contribution in [1.29, 1.82) is 0 Å². The topological polar surface area (TPSA) is 96.9 Å². The van der Waals surface area contributed by atoms with Crippen molar-refractivity contribution in [3.05, 3.63) is 53.6 Å². The standard InChI is InChI=1S/C21H26N2O5/c1-3-28-18-9-7-15(13-19(18)27-2)8-10-20(25)22-11-12-23-21(26)16-5-4-6-17(24)14-16/h4-7,9,13-14,24H,3,8,10-12H2,1-2H3,(H,22,25)(H,23,26). The van der Waals surface area contributed by atoms with Gasteiger partial charge in [-0.15, -0.1) is 0 Å². The number of carbonyl (C=O) groups excluding carboxylic acids is 2. The van der Waals surface area contributed by atoms with Crippen LogP contribution < -0.4 is 20.1 Å². The van der Waals surface area contributed by atoms with Crippen molar-refractivity contribution in [3.8, 4) is 17.2 Å². The third-order valence-corrected chi connectivity index (χ3v) is 4.01. The summed E-state index contributed by atoms with van der Waals surface area (Å²) in [5, 5.41) is 14.8. The van der Waals surface area contributed by atoms with Gasteiger partial charge in [0.2, 0.25) is 5.91 Å². The van der Waals surface area contributed by atoms with Crippen molar-refractivity contribution < 1.29 is 24.2 Å². The van der Waals surface area contributed by atoms with Gasteiger partial charge in [0, 0.05) is 25.1 Å². The minimum absolute atomic E-state index is 0.0341. The fraction of sp³-hybridized carbons (Fsp3) is 0.333. The molecule has 150 valence electrons. The van der Waals surface area contributed by atoms with Gasteiger partial charge >= 0.3 is 0 Å². The molecule has 0 bridgehead atoms. The van der Waals surface area contributed by atoms with Crippen LogP contribution in [0.5, 0.6) is 17.2 Å². The average molecular weight is 386 g/mol. The maximum atomic E-state index is 12.0. The molecule has 0 saturated carbocycles. The predicted octanol–water partition coefficient (Wildman–Crippen LogP) is 2.28. The summed E-state index contributed by atoms with van der Waals surface area (Å²) in [5.41, 5.74) is 1.35. The van der Waals surface area contributed by atoms with Crippen LogP contribution in [0.3, 0.4) is 0 Å². The SMILES string of the molecule is CCOc1ccc(CCC(=O)NCCNC(=O)c2cccc(O)c2)cc1OC. The molecule has 0 aromatic heterocycles. The van der Waals surface area contributed by atoms with E-state index < -0.39 is 0 Å². The van der Waals surface area contributed by atoms with Gasteiger partial charge in [0.05, 0.1) is 13.7 Å². The Hall–Kier alpha value is -3.22. The summed E-state index contributed by atoms with van der Waals surface area (Å²) in [5.74, 6) is 0.966. The number of hydrogen-bond acceptors (Lipinski definition) is 5. The smallest absolute Gasteiger partial charge is 0.251 e. The van der Waals surface area contributed by atoms with E-state index >= 15 is 0 Å². The number of carbonyl (C=O) groups is 2. The minimum Gasteiger partial charge on any atom is -0.508 e. The molecule has 2 rings (SSSR count). The molecule has 0 aliphatic rings. The third-order valence-electron chi connectivity index (χ3n) is 4.01. The molecule has 0 aliphatic heterocycles. The fourth-order valence-electron chi connectivity index (χ4n) is 2.62. The van der Waals surface area contributed by atoms with E-state index in [1.54, 1.807) is 19.2 Å². The lowest BCUT2D eigenvalue weighted by atomic mass is 10.1. The van der Waals surface area contributed by atoms with E-state index in [9.17, 15) is 14.7 Å². The van der Waals surface area contributed by atoms with Gasteiger partial charge in [0.15, 0.2) is 11.5 Å². The average Bonchev–Trinajstić information content (AvgIpc) is 2.70. The summed E-state index contributed by atoms with van der Waals surface area (Å²) in [6.07, 6.45) is 0.905. The first-order valence-electron chi connectivity index (χ1n) is 9.17. The Morgan fingerprint density at radius 3 is 2.54 bits per heavy atom. The number of nitrogens with one attached hydrogen (secondary N) is 2. The Labute approximate surface area is 164 Å². The maximum Gasteiger partial charge on any atom is 0.251 e. The highest BCUT2D eigenvalue weighted by Crippen LogP contribution is 2.28. The minimum atomic E-state index is -0.299. The second-order valence-electron chi connectivity index (χ2n) is 6.07. The molecule has 3 N–H and O–H groups in total. The normalized spacial score (nSPS) is 10.2. The number of aryl methyl sites for hydroxylation is 1. The predicted molar refractivity (Wildman–Crippen MR) is 106 cm³/mol. The largest absolute Gasteiger partial charge is 0.508 e. The van der Waals surface area contributed by atoms with E-state index in [1.165, 1.54) is 12.1 Å². The number of aromatic hydroxyl groups is 1. The quantitative estimate of drug-likeness (QED) is 0.545. The molecule has 0 radical (unpaired) electrons. The van der Waals surface area contributed by atoms with E-state index in [0.29, 0.717) is 49.6 Å². The van der Waals surface area contributed by atoms with Crippen LogP contribution in [0.1, 0.15) is 29.3 Å². The van der Waals surface area contributed by atoms with Gasteiger partial charge in [0.25, 0.3) is 5.91 Å². The summed E-state index contributed by atoms with van der Waals surface area (Å²) in [7, 11) is 1.58. The zero-order valence-electron chi connectivity index (χ0n) is 16.2. The Morgan fingerprint density at radius 1 is 1.04 bits per heavy atom. The van der Waals surface area contributed by atoms with Crippen LogP contribution >= 0.6 is 0 Å². The molecule has 0 saturated heterocycles. The molecule has 0 heterocycles. The van der Waals surface area contributed by atoms with Crippen LogP contribution in [0.2, 0.25) is 0 Å². The molecule has 0 unspecified atom stereocenters. The lowest BCUT2D eigenvalue weighted by Gasteiger charge is -2.11. The van der Waals surface area contributed by atoms with Gasteiger partial charge < -0.3 is 25.2 Å². The number of ether oxygens (including phenoxy) is 2. The lowest BCUT2D eigenvalue weighted by Crippen LogP contribution is -2.34.